The molecule has 0 aromatic carbocycles. The van der Waals surface area contributed by atoms with E-state index >= 15 is 0 Å². The summed E-state index contributed by atoms with van der Waals surface area (Å²) in [7, 11) is 0. The summed E-state index contributed by atoms with van der Waals surface area (Å²) in [6.07, 6.45) is 0.388. The van der Waals surface area contributed by atoms with E-state index in [-0.39, 0.29) is 11.7 Å². The van der Waals surface area contributed by atoms with E-state index in [2.05, 4.69) is 10.6 Å². The van der Waals surface area contributed by atoms with Crippen molar-refractivity contribution >= 4 is 11.9 Å². The number of carboxylic acids is 1. The lowest BCUT2D eigenvalue weighted by Gasteiger charge is -2.03. The number of aromatic carboxylic acids is 1. The monoisotopic (exact) mass is 254 g/mol. The van der Waals surface area contributed by atoms with Crippen LogP contribution >= 0.6 is 0 Å². The lowest BCUT2D eigenvalue weighted by atomic mass is 10.2. The molecule has 1 amide bonds. The van der Waals surface area contributed by atoms with Crippen molar-refractivity contribution in [3.63, 3.8) is 0 Å². The molecular formula is C12H18N2O4. The SMILES string of the molecule is CCNC(=O)CCNCc1cc(C)c(C(=O)O)o1. The Morgan fingerprint density at radius 3 is 2.72 bits per heavy atom. The maximum atomic E-state index is 11.1. The van der Waals surface area contributed by atoms with Crippen LogP contribution in [0.3, 0.4) is 0 Å². The van der Waals surface area contributed by atoms with Crippen molar-refractivity contribution in [2.75, 3.05) is 13.1 Å². The fourth-order valence-corrected chi connectivity index (χ4v) is 1.55. The quantitative estimate of drug-likeness (QED) is 0.629. The molecule has 6 heteroatoms. The van der Waals surface area contributed by atoms with Gasteiger partial charge in [0.1, 0.15) is 5.76 Å². The Morgan fingerprint density at radius 2 is 2.17 bits per heavy atom. The van der Waals surface area contributed by atoms with Gasteiger partial charge in [-0.05, 0) is 19.9 Å². The van der Waals surface area contributed by atoms with Gasteiger partial charge in [0.15, 0.2) is 0 Å². The number of hydrogen-bond donors (Lipinski definition) is 3. The molecule has 0 saturated heterocycles. The summed E-state index contributed by atoms with van der Waals surface area (Å²) in [6, 6.07) is 1.68. The second-order valence-corrected chi connectivity index (χ2v) is 3.91. The highest BCUT2D eigenvalue weighted by molar-refractivity contribution is 5.86. The first-order valence-corrected chi connectivity index (χ1v) is 5.84. The predicted octanol–water partition coefficient (Wildman–Crippen LogP) is 0.902. The molecule has 0 aliphatic heterocycles. The van der Waals surface area contributed by atoms with Crippen LogP contribution < -0.4 is 10.6 Å². The molecule has 1 rings (SSSR count). The summed E-state index contributed by atoms with van der Waals surface area (Å²) in [4.78, 5) is 21.9. The molecule has 0 aliphatic carbocycles. The van der Waals surface area contributed by atoms with Gasteiger partial charge in [0.05, 0.1) is 6.54 Å². The van der Waals surface area contributed by atoms with Crippen molar-refractivity contribution in [2.45, 2.75) is 26.8 Å². The molecule has 0 spiro atoms. The minimum absolute atomic E-state index is 0.00755. The highest BCUT2D eigenvalue weighted by Gasteiger charge is 2.13. The van der Waals surface area contributed by atoms with Crippen molar-refractivity contribution in [1.29, 1.82) is 0 Å². The molecule has 0 aliphatic rings. The van der Waals surface area contributed by atoms with Crippen LogP contribution in [0, 0.1) is 6.92 Å². The molecule has 0 unspecified atom stereocenters. The minimum Gasteiger partial charge on any atom is -0.475 e. The van der Waals surface area contributed by atoms with Gasteiger partial charge in [-0.25, -0.2) is 4.79 Å². The molecule has 0 saturated carbocycles. The fourth-order valence-electron chi connectivity index (χ4n) is 1.55. The highest BCUT2D eigenvalue weighted by atomic mass is 16.4. The largest absolute Gasteiger partial charge is 0.475 e. The zero-order valence-electron chi connectivity index (χ0n) is 10.6. The molecule has 1 aromatic heterocycles. The van der Waals surface area contributed by atoms with Gasteiger partial charge in [-0.1, -0.05) is 0 Å². The van der Waals surface area contributed by atoms with E-state index in [1.807, 2.05) is 6.92 Å². The minimum atomic E-state index is -1.07. The van der Waals surface area contributed by atoms with Crippen LogP contribution in [0.25, 0.3) is 0 Å². The Hall–Kier alpha value is -1.82. The number of carboxylic acid groups (broad SMARTS) is 1. The first-order chi connectivity index (χ1) is 8.54. The van der Waals surface area contributed by atoms with E-state index < -0.39 is 5.97 Å². The van der Waals surface area contributed by atoms with E-state index in [0.29, 0.717) is 37.4 Å². The van der Waals surface area contributed by atoms with Gasteiger partial charge in [0.25, 0.3) is 0 Å². The Balaban J connectivity index is 2.34. The number of rotatable bonds is 7. The van der Waals surface area contributed by atoms with Crippen molar-refractivity contribution in [3.05, 3.63) is 23.2 Å². The molecule has 0 fully saturated rings. The summed E-state index contributed by atoms with van der Waals surface area (Å²) >= 11 is 0. The molecule has 6 nitrogen and oxygen atoms in total. The van der Waals surface area contributed by atoms with Gasteiger partial charge >= 0.3 is 5.97 Å². The first kappa shape index (κ1) is 14.2. The van der Waals surface area contributed by atoms with Gasteiger partial charge in [0.2, 0.25) is 11.7 Å². The van der Waals surface area contributed by atoms with Gasteiger partial charge in [-0.3, -0.25) is 4.79 Å². The second kappa shape index (κ2) is 6.80. The number of amides is 1. The highest BCUT2D eigenvalue weighted by Crippen LogP contribution is 2.14. The van der Waals surface area contributed by atoms with E-state index in [9.17, 15) is 9.59 Å². The molecule has 0 radical (unpaired) electrons. The first-order valence-electron chi connectivity index (χ1n) is 5.84. The molecule has 0 bridgehead atoms. The third-order valence-electron chi connectivity index (χ3n) is 2.37. The number of aryl methyl sites for hydroxylation is 1. The molecule has 0 atom stereocenters. The third-order valence-corrected chi connectivity index (χ3v) is 2.37. The van der Waals surface area contributed by atoms with E-state index in [4.69, 9.17) is 9.52 Å². The number of hydrogen-bond acceptors (Lipinski definition) is 4. The number of carbonyl (C=O) groups is 2. The number of nitrogens with one attached hydrogen (secondary N) is 2. The summed E-state index contributed by atoms with van der Waals surface area (Å²) in [6.45, 7) is 5.11. The van der Waals surface area contributed by atoms with E-state index in [0.717, 1.165) is 0 Å². The Labute approximate surface area is 105 Å². The van der Waals surface area contributed by atoms with Crippen LogP contribution in [0.2, 0.25) is 0 Å². The van der Waals surface area contributed by atoms with Gasteiger partial charge < -0.3 is 20.2 Å². The molecule has 18 heavy (non-hydrogen) atoms. The van der Waals surface area contributed by atoms with Crippen LogP contribution in [-0.2, 0) is 11.3 Å². The summed E-state index contributed by atoms with van der Waals surface area (Å²) in [5.74, 6) is -0.552. The predicted molar refractivity (Wildman–Crippen MR) is 65.4 cm³/mol. The number of carbonyl (C=O) groups excluding carboxylic acids is 1. The molecule has 1 aromatic rings. The Morgan fingerprint density at radius 1 is 1.44 bits per heavy atom. The van der Waals surface area contributed by atoms with Crippen LogP contribution in [-0.4, -0.2) is 30.1 Å². The molecular weight excluding hydrogens is 236 g/mol. The lowest BCUT2D eigenvalue weighted by molar-refractivity contribution is -0.120. The van der Waals surface area contributed by atoms with Crippen LogP contribution in [0.1, 0.15) is 35.2 Å². The van der Waals surface area contributed by atoms with Crippen LogP contribution in [0.5, 0.6) is 0 Å². The lowest BCUT2D eigenvalue weighted by Crippen LogP contribution is -2.27. The van der Waals surface area contributed by atoms with Crippen LogP contribution in [0.4, 0.5) is 0 Å². The van der Waals surface area contributed by atoms with Gasteiger partial charge in [0, 0.05) is 25.1 Å². The summed E-state index contributed by atoms with van der Waals surface area (Å²) in [5.41, 5.74) is 0.600. The standard InChI is InChI=1S/C12H18N2O4/c1-3-14-10(15)4-5-13-7-9-6-8(2)11(18-9)12(16)17/h6,13H,3-5,7H2,1-2H3,(H,14,15)(H,16,17). The van der Waals surface area contributed by atoms with E-state index in [1.165, 1.54) is 0 Å². The van der Waals surface area contributed by atoms with Crippen molar-refractivity contribution < 1.29 is 19.1 Å². The zero-order chi connectivity index (χ0) is 13.5. The summed E-state index contributed by atoms with van der Waals surface area (Å²) in [5, 5.41) is 14.5. The van der Waals surface area contributed by atoms with E-state index in [1.54, 1.807) is 13.0 Å². The topological polar surface area (TPSA) is 91.6 Å². The van der Waals surface area contributed by atoms with Crippen LogP contribution in [0.15, 0.2) is 10.5 Å². The maximum Gasteiger partial charge on any atom is 0.372 e. The smallest absolute Gasteiger partial charge is 0.372 e. The Bertz CT molecular complexity index is 426. The average molecular weight is 254 g/mol. The number of furan rings is 1. The Kier molecular flexibility index (Phi) is 5.38. The van der Waals surface area contributed by atoms with Crippen molar-refractivity contribution in [2.24, 2.45) is 0 Å². The van der Waals surface area contributed by atoms with Crippen molar-refractivity contribution in [1.82, 2.24) is 10.6 Å². The summed E-state index contributed by atoms with van der Waals surface area (Å²) < 4.78 is 5.17. The molecule has 3 N–H and O–H groups in total. The molecule has 100 valence electrons. The zero-order valence-corrected chi connectivity index (χ0v) is 10.6. The third kappa shape index (κ3) is 4.21. The average Bonchev–Trinajstić information content (AvgIpc) is 2.66. The fraction of sp³-hybridized carbons (Fsp3) is 0.500. The second-order valence-electron chi connectivity index (χ2n) is 3.91. The molecule has 1 heterocycles. The van der Waals surface area contributed by atoms with Gasteiger partial charge in [-0.15, -0.1) is 0 Å². The normalized spacial score (nSPS) is 10.3. The maximum absolute atomic E-state index is 11.1. The van der Waals surface area contributed by atoms with Crippen molar-refractivity contribution in [3.8, 4) is 0 Å². The van der Waals surface area contributed by atoms with Gasteiger partial charge in [-0.2, -0.15) is 0 Å².